The van der Waals surface area contributed by atoms with Crippen LogP contribution in [0.4, 0.5) is 20.2 Å². The first-order valence-corrected chi connectivity index (χ1v) is 5.78. The van der Waals surface area contributed by atoms with Crippen molar-refractivity contribution < 1.29 is 18.4 Å². The normalized spacial score (nSPS) is 19.2. The summed E-state index contributed by atoms with van der Waals surface area (Å²) in [6.07, 6.45) is -0.240. The maximum atomic E-state index is 13.6. The van der Waals surface area contributed by atoms with Gasteiger partial charge in [-0.2, -0.15) is 0 Å². The molecular weight excluding hydrogens is 260 g/mol. The molecule has 8 heteroatoms. The zero-order chi connectivity index (χ0) is 13.8. The van der Waals surface area contributed by atoms with E-state index in [0.29, 0.717) is 13.2 Å². The van der Waals surface area contributed by atoms with E-state index < -0.39 is 27.9 Å². The van der Waals surface area contributed by atoms with Gasteiger partial charge in [0.25, 0.3) is 5.69 Å². The molecule has 2 rings (SSSR count). The summed E-state index contributed by atoms with van der Waals surface area (Å²) in [5.74, 6) is -2.38. The Morgan fingerprint density at radius 2 is 2.32 bits per heavy atom. The molecule has 1 fully saturated rings. The lowest BCUT2D eigenvalue weighted by Crippen LogP contribution is -2.42. The summed E-state index contributed by atoms with van der Waals surface area (Å²) >= 11 is 0. The van der Waals surface area contributed by atoms with Crippen LogP contribution >= 0.6 is 0 Å². The summed E-state index contributed by atoms with van der Waals surface area (Å²) in [5.41, 5.74) is -0.943. The van der Waals surface area contributed by atoms with Gasteiger partial charge in [0.2, 0.25) is 0 Å². The van der Waals surface area contributed by atoms with Crippen LogP contribution in [0.2, 0.25) is 0 Å². The number of benzene rings is 1. The Bertz CT molecular complexity index is 478. The van der Waals surface area contributed by atoms with Crippen molar-refractivity contribution in [1.29, 1.82) is 0 Å². The molecule has 1 heterocycles. The number of nitro benzene ring substituents is 1. The molecule has 19 heavy (non-hydrogen) atoms. The Balaban J connectivity index is 2.13. The van der Waals surface area contributed by atoms with Crippen LogP contribution in [0.5, 0.6) is 0 Å². The number of nitrogens with zero attached hydrogens (tertiary/aromatic N) is 1. The van der Waals surface area contributed by atoms with Crippen LogP contribution < -0.4 is 10.6 Å². The highest BCUT2D eigenvalue weighted by Gasteiger charge is 2.23. The molecule has 1 atom stereocenters. The zero-order valence-corrected chi connectivity index (χ0v) is 9.99. The lowest BCUT2D eigenvalue weighted by Gasteiger charge is -2.24. The van der Waals surface area contributed by atoms with E-state index in [4.69, 9.17) is 4.74 Å². The number of halogens is 2. The van der Waals surface area contributed by atoms with Crippen molar-refractivity contribution in [3.63, 3.8) is 0 Å². The minimum atomic E-state index is -1.25. The fraction of sp³-hybridized carbons (Fsp3) is 0.455. The first-order chi connectivity index (χ1) is 9.09. The Morgan fingerprint density at radius 3 is 2.95 bits per heavy atom. The molecule has 104 valence electrons. The first-order valence-electron chi connectivity index (χ1n) is 5.78. The van der Waals surface area contributed by atoms with E-state index in [-0.39, 0.29) is 12.6 Å². The summed E-state index contributed by atoms with van der Waals surface area (Å²) in [6, 6.07) is 1.66. The Kier molecular flexibility index (Phi) is 4.23. The van der Waals surface area contributed by atoms with Gasteiger partial charge in [-0.05, 0) is 6.07 Å². The number of hydrogen-bond acceptors (Lipinski definition) is 5. The number of nitrogens with one attached hydrogen (secondary N) is 2. The van der Waals surface area contributed by atoms with E-state index in [1.54, 1.807) is 0 Å². The van der Waals surface area contributed by atoms with Crippen LogP contribution in [0.15, 0.2) is 12.1 Å². The van der Waals surface area contributed by atoms with Crippen LogP contribution in [0, 0.1) is 21.7 Å². The molecule has 6 nitrogen and oxygen atoms in total. The lowest BCUT2D eigenvalue weighted by molar-refractivity contribution is -0.384. The molecule has 1 aromatic carbocycles. The molecule has 1 unspecified atom stereocenters. The predicted molar refractivity (Wildman–Crippen MR) is 64.1 cm³/mol. The monoisotopic (exact) mass is 273 g/mol. The lowest BCUT2D eigenvalue weighted by atomic mass is 10.2. The van der Waals surface area contributed by atoms with Crippen LogP contribution in [0.3, 0.4) is 0 Å². The number of hydrogen-bond donors (Lipinski definition) is 2. The molecule has 2 N–H and O–H groups in total. The number of morpholine rings is 1. The van der Waals surface area contributed by atoms with Gasteiger partial charge in [-0.1, -0.05) is 0 Å². The van der Waals surface area contributed by atoms with Gasteiger partial charge < -0.3 is 15.4 Å². The minimum absolute atomic E-state index is 0.161. The van der Waals surface area contributed by atoms with E-state index >= 15 is 0 Å². The summed E-state index contributed by atoms with van der Waals surface area (Å²) in [4.78, 5) is 10.0. The number of anilines is 1. The SMILES string of the molecule is O=[N+]([O-])c1ccc(F)c(F)c1NCC1CNCCO1. The topological polar surface area (TPSA) is 76.4 Å². The van der Waals surface area contributed by atoms with Gasteiger partial charge in [0.1, 0.15) is 0 Å². The summed E-state index contributed by atoms with van der Waals surface area (Å²) in [7, 11) is 0. The second kappa shape index (κ2) is 5.89. The van der Waals surface area contributed by atoms with Gasteiger partial charge in [0.15, 0.2) is 17.3 Å². The smallest absolute Gasteiger partial charge is 0.295 e. The molecule has 1 aromatic rings. The van der Waals surface area contributed by atoms with E-state index in [2.05, 4.69) is 10.6 Å². The van der Waals surface area contributed by atoms with Crippen LogP contribution in [-0.2, 0) is 4.74 Å². The molecule has 0 aromatic heterocycles. The molecular formula is C11H13F2N3O3. The minimum Gasteiger partial charge on any atom is -0.374 e. The van der Waals surface area contributed by atoms with E-state index in [9.17, 15) is 18.9 Å². The Hall–Kier alpha value is -1.80. The van der Waals surface area contributed by atoms with Crippen LogP contribution in [-0.4, -0.2) is 37.3 Å². The molecule has 0 saturated carbocycles. The van der Waals surface area contributed by atoms with Gasteiger partial charge >= 0.3 is 0 Å². The summed E-state index contributed by atoms with van der Waals surface area (Å²) in [5, 5.41) is 16.4. The van der Waals surface area contributed by atoms with Gasteiger partial charge in [0, 0.05) is 25.7 Å². The molecule has 0 amide bonds. The standard InChI is InChI=1S/C11H13F2N3O3/c12-8-1-2-9(16(17)18)11(10(8)13)15-6-7-5-14-3-4-19-7/h1-2,7,14-15H,3-6H2. The second-order valence-electron chi connectivity index (χ2n) is 4.09. The highest BCUT2D eigenvalue weighted by Crippen LogP contribution is 2.29. The van der Waals surface area contributed by atoms with E-state index in [0.717, 1.165) is 18.7 Å². The van der Waals surface area contributed by atoms with E-state index in [1.165, 1.54) is 0 Å². The third kappa shape index (κ3) is 3.15. The fourth-order valence-corrected chi connectivity index (χ4v) is 1.83. The summed E-state index contributed by atoms with van der Waals surface area (Å²) < 4.78 is 32.0. The zero-order valence-electron chi connectivity index (χ0n) is 9.99. The molecule has 0 spiro atoms. The molecule has 1 aliphatic rings. The predicted octanol–water partition coefficient (Wildman–Crippen LogP) is 1.27. The third-order valence-electron chi connectivity index (χ3n) is 2.78. The number of nitro groups is 1. The number of ether oxygens (including phenoxy) is 1. The maximum absolute atomic E-state index is 13.6. The second-order valence-corrected chi connectivity index (χ2v) is 4.09. The average Bonchev–Trinajstić information content (AvgIpc) is 2.41. The maximum Gasteiger partial charge on any atom is 0.295 e. The van der Waals surface area contributed by atoms with Crippen molar-refractivity contribution in [3.8, 4) is 0 Å². The fourth-order valence-electron chi connectivity index (χ4n) is 1.83. The van der Waals surface area contributed by atoms with Crippen molar-refractivity contribution in [2.24, 2.45) is 0 Å². The molecule has 1 aliphatic heterocycles. The van der Waals surface area contributed by atoms with Crippen molar-refractivity contribution in [2.45, 2.75) is 6.10 Å². The van der Waals surface area contributed by atoms with Crippen molar-refractivity contribution in [1.82, 2.24) is 5.32 Å². The number of rotatable bonds is 4. The van der Waals surface area contributed by atoms with Crippen LogP contribution in [0.1, 0.15) is 0 Å². The third-order valence-corrected chi connectivity index (χ3v) is 2.78. The quantitative estimate of drug-likeness (QED) is 0.638. The van der Waals surface area contributed by atoms with Crippen molar-refractivity contribution in [2.75, 3.05) is 31.6 Å². The largest absolute Gasteiger partial charge is 0.374 e. The van der Waals surface area contributed by atoms with Gasteiger partial charge in [0.05, 0.1) is 17.6 Å². The highest BCUT2D eigenvalue weighted by atomic mass is 19.2. The van der Waals surface area contributed by atoms with Crippen molar-refractivity contribution in [3.05, 3.63) is 33.9 Å². The highest BCUT2D eigenvalue weighted by molar-refractivity contribution is 5.62. The van der Waals surface area contributed by atoms with Gasteiger partial charge in [-0.3, -0.25) is 10.1 Å². The molecule has 1 saturated heterocycles. The Morgan fingerprint density at radius 1 is 1.53 bits per heavy atom. The first kappa shape index (κ1) is 13.6. The van der Waals surface area contributed by atoms with E-state index in [1.807, 2.05) is 0 Å². The molecule has 0 aliphatic carbocycles. The van der Waals surface area contributed by atoms with Crippen LogP contribution in [0.25, 0.3) is 0 Å². The molecule has 0 bridgehead atoms. The average molecular weight is 273 g/mol. The summed E-state index contributed by atoms with van der Waals surface area (Å²) in [6.45, 7) is 1.96. The Labute approximate surface area is 107 Å². The van der Waals surface area contributed by atoms with Gasteiger partial charge in [-0.15, -0.1) is 0 Å². The molecule has 0 radical (unpaired) electrons. The van der Waals surface area contributed by atoms with Gasteiger partial charge in [-0.25, -0.2) is 8.78 Å². The van der Waals surface area contributed by atoms with Crippen molar-refractivity contribution >= 4 is 11.4 Å².